The summed E-state index contributed by atoms with van der Waals surface area (Å²) < 4.78 is 6.25. The topological polar surface area (TPSA) is 49.9 Å². The first kappa shape index (κ1) is 17.0. The van der Waals surface area contributed by atoms with E-state index in [1.165, 1.54) is 11.1 Å². The zero-order valence-electron chi connectivity index (χ0n) is 16.1. The van der Waals surface area contributed by atoms with Crippen molar-refractivity contribution in [1.29, 1.82) is 0 Å². The van der Waals surface area contributed by atoms with Crippen LogP contribution in [0.3, 0.4) is 0 Å². The molecule has 5 heteroatoms. The molecule has 0 radical (unpaired) electrons. The molecule has 4 aliphatic rings. The second-order valence-electron chi connectivity index (χ2n) is 9.27. The van der Waals surface area contributed by atoms with Crippen molar-refractivity contribution in [1.82, 2.24) is 9.80 Å². The summed E-state index contributed by atoms with van der Waals surface area (Å²) in [7, 11) is 0. The predicted molar refractivity (Wildman–Crippen MR) is 101 cm³/mol. The summed E-state index contributed by atoms with van der Waals surface area (Å²) in [6.07, 6.45) is 4.62. The van der Waals surface area contributed by atoms with Crippen LogP contribution in [0.4, 0.5) is 0 Å². The molecule has 2 bridgehead atoms. The number of likely N-dealkylation sites (tertiary alicyclic amines) is 1. The Bertz CT molecular complexity index is 855. The van der Waals surface area contributed by atoms with Gasteiger partial charge in [-0.3, -0.25) is 9.59 Å². The second-order valence-corrected chi connectivity index (χ2v) is 9.27. The van der Waals surface area contributed by atoms with Crippen LogP contribution in [0.2, 0.25) is 0 Å². The quantitative estimate of drug-likeness (QED) is 0.716. The Morgan fingerprint density at radius 2 is 1.96 bits per heavy atom. The summed E-state index contributed by atoms with van der Waals surface area (Å²) in [6, 6.07) is 8.30. The van der Waals surface area contributed by atoms with Crippen molar-refractivity contribution in [2.24, 2.45) is 11.8 Å². The average Bonchev–Trinajstić information content (AvgIpc) is 3.28. The van der Waals surface area contributed by atoms with E-state index in [0.717, 1.165) is 6.42 Å². The van der Waals surface area contributed by atoms with Crippen molar-refractivity contribution in [2.45, 2.75) is 51.0 Å². The van der Waals surface area contributed by atoms with Crippen molar-refractivity contribution < 1.29 is 14.3 Å². The molecule has 1 spiro atoms. The number of ether oxygens (including phenoxy) is 1. The SMILES string of the molecule is CC(C)(C)N1C[C@]23C=C[C@H](O2)[C@H](C(=O)N2CCc4ccccc4C2)[C@H]3C1=O. The standard InChI is InChI=1S/C22H26N2O3/c1-21(2,3)24-13-22-10-8-16(27-22)17(18(22)20(24)26)19(25)23-11-9-14-6-4-5-7-15(14)12-23/h4-8,10,16-18H,9,11-13H2,1-3H3/t16-,17-,18-,22-/m0/s1. The third kappa shape index (κ3) is 2.34. The third-order valence-electron chi connectivity index (χ3n) is 6.64. The molecule has 2 saturated heterocycles. The summed E-state index contributed by atoms with van der Waals surface area (Å²) in [5.41, 5.74) is 1.63. The number of carbonyl (C=O) groups excluding carboxylic acids is 2. The van der Waals surface area contributed by atoms with E-state index in [2.05, 4.69) is 12.1 Å². The average molecular weight is 366 g/mol. The zero-order valence-corrected chi connectivity index (χ0v) is 16.1. The number of nitrogens with zero attached hydrogens (tertiary/aromatic N) is 2. The fourth-order valence-corrected chi connectivity index (χ4v) is 5.24. The highest BCUT2D eigenvalue weighted by Gasteiger charge is 2.68. The first-order valence-electron chi connectivity index (χ1n) is 9.84. The van der Waals surface area contributed by atoms with Crippen molar-refractivity contribution in [3.05, 3.63) is 47.5 Å². The van der Waals surface area contributed by atoms with Gasteiger partial charge in [-0.25, -0.2) is 0 Å². The van der Waals surface area contributed by atoms with Crippen LogP contribution >= 0.6 is 0 Å². The van der Waals surface area contributed by atoms with Gasteiger partial charge in [-0.05, 0) is 38.3 Å². The van der Waals surface area contributed by atoms with E-state index in [9.17, 15) is 9.59 Å². The Morgan fingerprint density at radius 1 is 1.22 bits per heavy atom. The molecule has 4 atom stereocenters. The molecule has 5 rings (SSSR count). The van der Waals surface area contributed by atoms with Crippen LogP contribution in [-0.4, -0.2) is 51.9 Å². The van der Waals surface area contributed by atoms with Crippen molar-refractivity contribution in [3.8, 4) is 0 Å². The van der Waals surface area contributed by atoms with Crippen LogP contribution in [0.1, 0.15) is 31.9 Å². The molecule has 0 saturated carbocycles. The fraction of sp³-hybridized carbons (Fsp3) is 0.545. The Morgan fingerprint density at radius 3 is 2.70 bits per heavy atom. The van der Waals surface area contributed by atoms with Gasteiger partial charge in [-0.2, -0.15) is 0 Å². The molecular formula is C22H26N2O3. The maximum Gasteiger partial charge on any atom is 0.230 e. The van der Waals surface area contributed by atoms with Crippen LogP contribution < -0.4 is 0 Å². The van der Waals surface area contributed by atoms with Crippen LogP contribution in [0.5, 0.6) is 0 Å². The minimum Gasteiger partial charge on any atom is -0.360 e. The van der Waals surface area contributed by atoms with Gasteiger partial charge < -0.3 is 14.5 Å². The van der Waals surface area contributed by atoms with Crippen molar-refractivity contribution >= 4 is 11.8 Å². The minimum atomic E-state index is -0.622. The highest BCUT2D eigenvalue weighted by atomic mass is 16.5. The number of benzene rings is 1. The number of fused-ring (bicyclic) bond motifs is 2. The molecule has 2 fully saturated rings. The molecule has 0 aromatic heterocycles. The predicted octanol–water partition coefficient (Wildman–Crippen LogP) is 2.15. The molecule has 2 amide bonds. The van der Waals surface area contributed by atoms with Gasteiger partial charge >= 0.3 is 0 Å². The maximum absolute atomic E-state index is 13.5. The molecule has 4 aliphatic heterocycles. The van der Waals surface area contributed by atoms with Gasteiger partial charge in [0.1, 0.15) is 5.60 Å². The lowest BCUT2D eigenvalue weighted by Gasteiger charge is -2.35. The largest absolute Gasteiger partial charge is 0.360 e. The maximum atomic E-state index is 13.5. The summed E-state index contributed by atoms with van der Waals surface area (Å²) in [5, 5.41) is 0. The summed E-state index contributed by atoms with van der Waals surface area (Å²) in [4.78, 5) is 30.5. The molecule has 5 nitrogen and oxygen atoms in total. The molecule has 0 unspecified atom stereocenters. The van der Waals surface area contributed by atoms with Gasteiger partial charge in [-0.15, -0.1) is 0 Å². The summed E-state index contributed by atoms with van der Waals surface area (Å²) >= 11 is 0. The highest BCUT2D eigenvalue weighted by molar-refractivity contribution is 5.93. The van der Waals surface area contributed by atoms with E-state index in [-0.39, 0.29) is 23.5 Å². The Labute approximate surface area is 160 Å². The summed E-state index contributed by atoms with van der Waals surface area (Å²) in [6.45, 7) is 7.99. The zero-order chi connectivity index (χ0) is 19.0. The lowest BCUT2D eigenvalue weighted by atomic mass is 9.76. The van der Waals surface area contributed by atoms with Gasteiger partial charge in [0.2, 0.25) is 11.8 Å². The second kappa shape index (κ2) is 5.44. The van der Waals surface area contributed by atoms with E-state index in [4.69, 9.17) is 4.74 Å². The monoisotopic (exact) mass is 366 g/mol. The van der Waals surface area contributed by atoms with E-state index in [1.807, 2.05) is 54.9 Å². The molecular weight excluding hydrogens is 340 g/mol. The molecule has 1 aromatic rings. The van der Waals surface area contributed by atoms with E-state index < -0.39 is 17.4 Å². The normalized spacial score (nSPS) is 34.2. The number of hydrogen-bond acceptors (Lipinski definition) is 3. The molecule has 27 heavy (non-hydrogen) atoms. The van der Waals surface area contributed by atoms with E-state index >= 15 is 0 Å². The number of rotatable bonds is 1. The van der Waals surface area contributed by atoms with Gasteiger partial charge in [0.25, 0.3) is 0 Å². The number of amides is 2. The van der Waals surface area contributed by atoms with Crippen LogP contribution in [0, 0.1) is 11.8 Å². The Balaban J connectivity index is 1.44. The lowest BCUT2D eigenvalue weighted by Crippen LogP contribution is -2.48. The first-order valence-corrected chi connectivity index (χ1v) is 9.84. The van der Waals surface area contributed by atoms with E-state index in [1.54, 1.807) is 0 Å². The van der Waals surface area contributed by atoms with Crippen molar-refractivity contribution in [2.75, 3.05) is 13.1 Å². The van der Waals surface area contributed by atoms with Crippen molar-refractivity contribution in [3.63, 3.8) is 0 Å². The number of hydrogen-bond donors (Lipinski definition) is 0. The Hall–Kier alpha value is -2.14. The Kier molecular flexibility index (Phi) is 3.43. The molecule has 142 valence electrons. The molecule has 0 N–H and O–H groups in total. The van der Waals surface area contributed by atoms with Crippen LogP contribution in [-0.2, 0) is 27.3 Å². The highest BCUT2D eigenvalue weighted by Crippen LogP contribution is 2.53. The minimum absolute atomic E-state index is 0.0603. The van der Waals surface area contributed by atoms with Gasteiger partial charge in [0.15, 0.2) is 0 Å². The smallest absolute Gasteiger partial charge is 0.230 e. The van der Waals surface area contributed by atoms with Crippen LogP contribution in [0.15, 0.2) is 36.4 Å². The number of carbonyl (C=O) groups is 2. The van der Waals surface area contributed by atoms with Crippen LogP contribution in [0.25, 0.3) is 0 Å². The third-order valence-corrected chi connectivity index (χ3v) is 6.64. The molecule has 0 aliphatic carbocycles. The lowest BCUT2D eigenvalue weighted by molar-refractivity contribution is -0.145. The first-order chi connectivity index (χ1) is 12.8. The van der Waals surface area contributed by atoms with Gasteiger partial charge in [0, 0.05) is 18.6 Å². The van der Waals surface area contributed by atoms with E-state index in [0.29, 0.717) is 19.6 Å². The summed E-state index contributed by atoms with van der Waals surface area (Å²) in [5.74, 6) is -0.670. The van der Waals surface area contributed by atoms with Gasteiger partial charge in [0.05, 0.1) is 24.5 Å². The molecule has 1 aromatic carbocycles. The van der Waals surface area contributed by atoms with Gasteiger partial charge in [-0.1, -0.05) is 36.4 Å². The molecule has 4 heterocycles. The fourth-order valence-electron chi connectivity index (χ4n) is 5.24.